The molecule has 112 valence electrons. The number of aliphatic hydroxyl groups excluding tert-OH is 1. The Hall–Kier alpha value is -1.33. The predicted octanol–water partition coefficient (Wildman–Crippen LogP) is 5.17. The molecule has 0 saturated heterocycles. The summed E-state index contributed by atoms with van der Waals surface area (Å²) in [5, 5.41) is 10.4. The Morgan fingerprint density at radius 3 is 2.10 bits per heavy atom. The molecule has 1 nitrogen and oxygen atoms in total. The highest BCUT2D eigenvalue weighted by atomic mass is 79.9. The van der Waals surface area contributed by atoms with Crippen LogP contribution in [0.15, 0.2) is 40.9 Å². The van der Waals surface area contributed by atoms with Gasteiger partial charge in [-0.05, 0) is 37.1 Å². The van der Waals surface area contributed by atoms with Crippen molar-refractivity contribution in [2.75, 3.05) is 0 Å². The van der Waals surface area contributed by atoms with Gasteiger partial charge >= 0.3 is 6.18 Å². The van der Waals surface area contributed by atoms with Gasteiger partial charge in [-0.15, -0.1) is 0 Å². The molecular weight excluding hydrogens is 345 g/mol. The zero-order valence-corrected chi connectivity index (χ0v) is 13.1. The Morgan fingerprint density at radius 2 is 1.57 bits per heavy atom. The molecule has 0 amide bonds. The first-order chi connectivity index (χ1) is 9.68. The van der Waals surface area contributed by atoms with Crippen molar-refractivity contribution in [1.29, 1.82) is 0 Å². The third kappa shape index (κ3) is 3.66. The van der Waals surface area contributed by atoms with E-state index in [0.29, 0.717) is 10.0 Å². The fraction of sp³-hybridized carbons (Fsp3) is 0.250. The van der Waals surface area contributed by atoms with Gasteiger partial charge in [0.25, 0.3) is 0 Å². The van der Waals surface area contributed by atoms with Crippen molar-refractivity contribution < 1.29 is 18.3 Å². The average Bonchev–Trinajstić information content (AvgIpc) is 2.35. The molecule has 0 aliphatic carbocycles. The van der Waals surface area contributed by atoms with Crippen molar-refractivity contribution in [3.63, 3.8) is 0 Å². The largest absolute Gasteiger partial charge is 0.416 e. The van der Waals surface area contributed by atoms with Crippen LogP contribution in [0, 0.1) is 13.8 Å². The number of aliphatic hydroxyl groups is 1. The zero-order chi connectivity index (χ0) is 15.8. The van der Waals surface area contributed by atoms with Crippen molar-refractivity contribution in [3.8, 4) is 0 Å². The Kier molecular flexibility index (Phi) is 4.44. The van der Waals surface area contributed by atoms with Crippen LogP contribution in [-0.4, -0.2) is 5.11 Å². The average molecular weight is 359 g/mol. The van der Waals surface area contributed by atoms with Crippen LogP contribution < -0.4 is 0 Å². The number of rotatable bonds is 2. The van der Waals surface area contributed by atoms with Crippen LogP contribution in [0.25, 0.3) is 0 Å². The smallest absolute Gasteiger partial charge is 0.384 e. The van der Waals surface area contributed by atoms with Gasteiger partial charge in [0.15, 0.2) is 0 Å². The van der Waals surface area contributed by atoms with E-state index in [1.165, 1.54) is 12.1 Å². The van der Waals surface area contributed by atoms with Gasteiger partial charge < -0.3 is 5.11 Å². The van der Waals surface area contributed by atoms with Crippen LogP contribution >= 0.6 is 15.9 Å². The molecule has 0 saturated carbocycles. The molecule has 2 aromatic rings. The van der Waals surface area contributed by atoms with Crippen LogP contribution in [0.3, 0.4) is 0 Å². The molecule has 1 N–H and O–H groups in total. The third-order valence-corrected chi connectivity index (χ3v) is 3.67. The van der Waals surface area contributed by atoms with Crippen molar-refractivity contribution >= 4 is 15.9 Å². The van der Waals surface area contributed by atoms with Gasteiger partial charge in [0.05, 0.1) is 5.56 Å². The maximum absolute atomic E-state index is 13.1. The Bertz CT molecular complexity index is 645. The number of benzene rings is 2. The zero-order valence-electron chi connectivity index (χ0n) is 11.5. The van der Waals surface area contributed by atoms with Gasteiger partial charge in [0, 0.05) is 4.47 Å². The van der Waals surface area contributed by atoms with Crippen LogP contribution in [-0.2, 0) is 6.18 Å². The minimum atomic E-state index is -4.51. The van der Waals surface area contributed by atoms with Gasteiger partial charge in [0.1, 0.15) is 6.10 Å². The first-order valence-electron chi connectivity index (χ1n) is 6.31. The molecule has 0 spiro atoms. The SMILES string of the molecule is Cc1cc(C)cc(C(O)c2ccc(Br)cc2C(F)(F)F)c1. The number of halogens is 4. The van der Waals surface area contributed by atoms with E-state index in [4.69, 9.17) is 0 Å². The van der Waals surface area contributed by atoms with E-state index in [2.05, 4.69) is 15.9 Å². The molecule has 0 heterocycles. The molecule has 21 heavy (non-hydrogen) atoms. The molecule has 2 rings (SSSR count). The molecule has 0 bridgehead atoms. The van der Waals surface area contributed by atoms with E-state index in [1.807, 2.05) is 19.9 Å². The third-order valence-electron chi connectivity index (χ3n) is 3.18. The molecule has 0 fully saturated rings. The number of hydrogen-bond donors (Lipinski definition) is 1. The minimum absolute atomic E-state index is 0.143. The van der Waals surface area contributed by atoms with E-state index in [0.717, 1.165) is 17.2 Å². The normalized spacial score (nSPS) is 13.3. The minimum Gasteiger partial charge on any atom is -0.384 e. The first kappa shape index (κ1) is 16.0. The summed E-state index contributed by atoms with van der Waals surface area (Å²) < 4.78 is 39.7. The lowest BCUT2D eigenvalue weighted by molar-refractivity contribution is -0.139. The Balaban J connectivity index is 2.55. The van der Waals surface area contributed by atoms with Crippen molar-refractivity contribution in [2.45, 2.75) is 26.1 Å². The fourth-order valence-electron chi connectivity index (χ4n) is 2.36. The lowest BCUT2D eigenvalue weighted by atomic mass is 9.94. The number of alkyl halides is 3. The van der Waals surface area contributed by atoms with Crippen molar-refractivity contribution in [3.05, 3.63) is 68.7 Å². The second-order valence-electron chi connectivity index (χ2n) is 5.05. The summed E-state index contributed by atoms with van der Waals surface area (Å²) in [4.78, 5) is 0. The quantitative estimate of drug-likeness (QED) is 0.785. The van der Waals surface area contributed by atoms with E-state index in [-0.39, 0.29) is 5.56 Å². The summed E-state index contributed by atoms with van der Waals surface area (Å²) in [6.45, 7) is 3.69. The van der Waals surface area contributed by atoms with Gasteiger partial charge in [-0.1, -0.05) is 51.3 Å². The van der Waals surface area contributed by atoms with Gasteiger partial charge in [-0.3, -0.25) is 0 Å². The highest BCUT2D eigenvalue weighted by Crippen LogP contribution is 2.38. The summed E-state index contributed by atoms with van der Waals surface area (Å²) in [6, 6.07) is 9.08. The van der Waals surface area contributed by atoms with Crippen molar-refractivity contribution in [1.82, 2.24) is 0 Å². The summed E-state index contributed by atoms with van der Waals surface area (Å²) in [5.74, 6) is 0. The molecule has 2 aromatic carbocycles. The molecule has 5 heteroatoms. The highest BCUT2D eigenvalue weighted by Gasteiger charge is 2.35. The molecule has 1 atom stereocenters. The van der Waals surface area contributed by atoms with Gasteiger partial charge in [-0.2, -0.15) is 13.2 Å². The maximum Gasteiger partial charge on any atom is 0.416 e. The second kappa shape index (κ2) is 5.81. The predicted molar refractivity (Wildman–Crippen MR) is 79.1 cm³/mol. The summed E-state index contributed by atoms with van der Waals surface area (Å²) in [5.41, 5.74) is 1.28. The molecule has 0 aliphatic rings. The Morgan fingerprint density at radius 1 is 1.00 bits per heavy atom. The molecular formula is C16H14BrF3O. The summed E-state index contributed by atoms with van der Waals surface area (Å²) in [6.07, 6.45) is -5.83. The molecule has 1 unspecified atom stereocenters. The number of hydrogen-bond acceptors (Lipinski definition) is 1. The topological polar surface area (TPSA) is 20.2 Å². The van der Waals surface area contributed by atoms with Gasteiger partial charge in [-0.25, -0.2) is 0 Å². The van der Waals surface area contributed by atoms with Crippen LogP contribution in [0.2, 0.25) is 0 Å². The number of aryl methyl sites for hydroxylation is 2. The molecule has 0 radical (unpaired) electrons. The monoisotopic (exact) mass is 358 g/mol. The second-order valence-corrected chi connectivity index (χ2v) is 5.97. The summed E-state index contributed by atoms with van der Waals surface area (Å²) >= 11 is 3.04. The lowest BCUT2D eigenvalue weighted by Crippen LogP contribution is -2.13. The van der Waals surface area contributed by atoms with E-state index >= 15 is 0 Å². The summed E-state index contributed by atoms with van der Waals surface area (Å²) in [7, 11) is 0. The lowest BCUT2D eigenvalue weighted by Gasteiger charge is -2.19. The van der Waals surface area contributed by atoms with E-state index in [1.54, 1.807) is 12.1 Å². The van der Waals surface area contributed by atoms with E-state index in [9.17, 15) is 18.3 Å². The van der Waals surface area contributed by atoms with Crippen LogP contribution in [0.1, 0.15) is 33.9 Å². The standard InChI is InChI=1S/C16H14BrF3O/c1-9-5-10(2)7-11(6-9)15(21)13-4-3-12(17)8-14(13)16(18,19)20/h3-8,15,21H,1-2H3. The van der Waals surface area contributed by atoms with E-state index < -0.39 is 17.8 Å². The maximum atomic E-state index is 13.1. The van der Waals surface area contributed by atoms with Crippen molar-refractivity contribution in [2.24, 2.45) is 0 Å². The molecule has 0 aromatic heterocycles. The van der Waals surface area contributed by atoms with Gasteiger partial charge in [0.2, 0.25) is 0 Å². The molecule has 0 aliphatic heterocycles. The first-order valence-corrected chi connectivity index (χ1v) is 7.10. The highest BCUT2D eigenvalue weighted by molar-refractivity contribution is 9.10. The van der Waals surface area contributed by atoms with Crippen LogP contribution in [0.5, 0.6) is 0 Å². The Labute approximate surface area is 129 Å². The fourth-order valence-corrected chi connectivity index (χ4v) is 2.72. The van der Waals surface area contributed by atoms with Crippen LogP contribution in [0.4, 0.5) is 13.2 Å².